The summed E-state index contributed by atoms with van der Waals surface area (Å²) in [7, 11) is 0. The van der Waals surface area contributed by atoms with E-state index in [9.17, 15) is 9.59 Å². The Bertz CT molecular complexity index is 800. The molecule has 0 fully saturated rings. The lowest BCUT2D eigenvalue weighted by molar-refractivity contribution is 0.0697. The average Bonchev–Trinajstić information content (AvgIpc) is 2.78. The molecule has 0 aliphatic rings. The Morgan fingerprint density at radius 1 is 1.35 bits per heavy atom. The predicted octanol–water partition coefficient (Wildman–Crippen LogP) is 0.874. The van der Waals surface area contributed by atoms with Gasteiger partial charge in [-0.2, -0.15) is 0 Å². The number of nitrogens with one attached hydrogen (secondary N) is 1. The summed E-state index contributed by atoms with van der Waals surface area (Å²) in [4.78, 5) is 29.0. The van der Waals surface area contributed by atoms with Gasteiger partial charge in [0.05, 0.1) is 29.1 Å². The van der Waals surface area contributed by atoms with E-state index in [2.05, 4.69) is 9.97 Å². The van der Waals surface area contributed by atoms with Gasteiger partial charge in [-0.1, -0.05) is 0 Å². The van der Waals surface area contributed by atoms with E-state index in [1.54, 1.807) is 10.5 Å². The minimum Gasteiger partial charge on any atom is -0.478 e. The van der Waals surface area contributed by atoms with Crippen LogP contribution >= 0.6 is 0 Å². The number of H-pyrrole nitrogens is 1. The van der Waals surface area contributed by atoms with Crippen LogP contribution < -0.4 is 5.56 Å². The maximum Gasteiger partial charge on any atom is 0.335 e. The monoisotopic (exact) mass is 229 g/mol. The highest BCUT2D eigenvalue weighted by molar-refractivity contribution is 5.92. The van der Waals surface area contributed by atoms with Crippen LogP contribution in [0, 0.1) is 0 Å². The smallest absolute Gasteiger partial charge is 0.335 e. The van der Waals surface area contributed by atoms with Gasteiger partial charge in [-0.25, -0.2) is 9.78 Å². The standard InChI is InChI=1S/C11H7N3O3/c15-10-9-4-12-5-14(9)8-2-1-6(11(16)17)3-7(8)13-10/h1-5H,(H,13,15)(H,16,17). The molecule has 2 heterocycles. The first-order chi connectivity index (χ1) is 8.16. The second-order valence-electron chi connectivity index (χ2n) is 3.64. The molecule has 3 rings (SSSR count). The van der Waals surface area contributed by atoms with Crippen LogP contribution in [-0.2, 0) is 0 Å². The number of carbonyl (C=O) groups is 1. The molecule has 0 aliphatic heterocycles. The molecule has 17 heavy (non-hydrogen) atoms. The van der Waals surface area contributed by atoms with Gasteiger partial charge in [0, 0.05) is 0 Å². The molecule has 0 amide bonds. The van der Waals surface area contributed by atoms with Crippen LogP contribution in [-0.4, -0.2) is 25.4 Å². The Kier molecular flexibility index (Phi) is 1.79. The lowest BCUT2D eigenvalue weighted by atomic mass is 10.2. The highest BCUT2D eigenvalue weighted by Gasteiger charge is 2.08. The van der Waals surface area contributed by atoms with Crippen LogP contribution in [0.1, 0.15) is 10.4 Å². The number of aromatic carboxylic acids is 1. The minimum absolute atomic E-state index is 0.132. The number of aromatic amines is 1. The SMILES string of the molecule is O=C(O)c1ccc2c(c1)[nH]c(=O)c1cncn12. The fourth-order valence-corrected chi connectivity index (χ4v) is 1.82. The number of imidazole rings is 1. The van der Waals surface area contributed by atoms with Gasteiger partial charge in [0.25, 0.3) is 5.56 Å². The fraction of sp³-hybridized carbons (Fsp3) is 0. The summed E-state index contributed by atoms with van der Waals surface area (Å²) in [5.74, 6) is -1.03. The zero-order valence-corrected chi connectivity index (χ0v) is 8.54. The topological polar surface area (TPSA) is 87.5 Å². The van der Waals surface area contributed by atoms with Crippen LogP contribution in [0.3, 0.4) is 0 Å². The average molecular weight is 229 g/mol. The molecule has 6 nitrogen and oxygen atoms in total. The second kappa shape index (κ2) is 3.18. The number of hydrogen-bond donors (Lipinski definition) is 2. The van der Waals surface area contributed by atoms with Crippen molar-refractivity contribution in [1.29, 1.82) is 0 Å². The zero-order valence-electron chi connectivity index (χ0n) is 8.54. The Morgan fingerprint density at radius 3 is 2.94 bits per heavy atom. The number of nitrogens with zero attached hydrogens (tertiary/aromatic N) is 2. The van der Waals surface area contributed by atoms with E-state index in [1.165, 1.54) is 24.7 Å². The lowest BCUT2D eigenvalue weighted by Crippen LogP contribution is -2.10. The molecule has 0 atom stereocenters. The van der Waals surface area contributed by atoms with E-state index in [0.29, 0.717) is 16.6 Å². The number of rotatable bonds is 1. The van der Waals surface area contributed by atoms with Gasteiger partial charge in [-0.15, -0.1) is 0 Å². The van der Waals surface area contributed by atoms with Crippen molar-refractivity contribution < 1.29 is 9.90 Å². The van der Waals surface area contributed by atoms with Crippen LogP contribution in [0.4, 0.5) is 0 Å². The molecule has 0 bridgehead atoms. The van der Waals surface area contributed by atoms with Gasteiger partial charge in [0.2, 0.25) is 0 Å². The highest BCUT2D eigenvalue weighted by atomic mass is 16.4. The van der Waals surface area contributed by atoms with Gasteiger partial charge in [0.15, 0.2) is 0 Å². The molecule has 0 saturated heterocycles. The van der Waals surface area contributed by atoms with Crippen molar-refractivity contribution in [1.82, 2.24) is 14.4 Å². The summed E-state index contributed by atoms with van der Waals surface area (Å²) in [5, 5.41) is 8.88. The fourth-order valence-electron chi connectivity index (χ4n) is 1.82. The lowest BCUT2D eigenvalue weighted by Gasteiger charge is -2.02. The summed E-state index contributed by atoms with van der Waals surface area (Å²) in [6.45, 7) is 0. The number of aromatic nitrogens is 3. The van der Waals surface area contributed by atoms with Gasteiger partial charge in [-0.05, 0) is 18.2 Å². The summed E-state index contributed by atoms with van der Waals surface area (Å²) in [5.41, 5.74) is 1.45. The summed E-state index contributed by atoms with van der Waals surface area (Å²) >= 11 is 0. The highest BCUT2D eigenvalue weighted by Crippen LogP contribution is 2.13. The number of benzene rings is 1. The molecular weight excluding hydrogens is 222 g/mol. The van der Waals surface area contributed by atoms with Gasteiger partial charge < -0.3 is 10.1 Å². The summed E-state index contributed by atoms with van der Waals surface area (Å²) < 4.78 is 1.62. The first-order valence-electron chi connectivity index (χ1n) is 4.88. The molecule has 0 saturated carbocycles. The molecule has 1 aromatic carbocycles. The van der Waals surface area contributed by atoms with Gasteiger partial charge >= 0.3 is 5.97 Å². The quantitative estimate of drug-likeness (QED) is 0.648. The van der Waals surface area contributed by atoms with Crippen molar-refractivity contribution in [3.05, 3.63) is 46.6 Å². The molecule has 84 valence electrons. The van der Waals surface area contributed by atoms with Crippen molar-refractivity contribution in [3.63, 3.8) is 0 Å². The first-order valence-corrected chi connectivity index (χ1v) is 4.88. The van der Waals surface area contributed by atoms with Crippen molar-refractivity contribution in [2.24, 2.45) is 0 Å². The Balaban J connectivity index is 2.50. The third-order valence-electron chi connectivity index (χ3n) is 2.62. The van der Waals surface area contributed by atoms with Crippen molar-refractivity contribution in [3.8, 4) is 0 Å². The molecule has 0 spiro atoms. The Labute approximate surface area is 94.2 Å². The van der Waals surface area contributed by atoms with E-state index in [0.717, 1.165) is 0 Å². The van der Waals surface area contributed by atoms with E-state index >= 15 is 0 Å². The third-order valence-corrected chi connectivity index (χ3v) is 2.62. The van der Waals surface area contributed by atoms with Crippen LogP contribution in [0.15, 0.2) is 35.5 Å². The molecule has 0 unspecified atom stereocenters. The van der Waals surface area contributed by atoms with E-state index in [4.69, 9.17) is 5.11 Å². The largest absolute Gasteiger partial charge is 0.478 e. The third kappa shape index (κ3) is 1.31. The van der Waals surface area contributed by atoms with Crippen LogP contribution in [0.5, 0.6) is 0 Å². The first kappa shape index (κ1) is 9.59. The molecule has 6 heteroatoms. The minimum atomic E-state index is -1.03. The van der Waals surface area contributed by atoms with E-state index < -0.39 is 5.97 Å². The van der Waals surface area contributed by atoms with E-state index in [1.807, 2.05) is 0 Å². The van der Waals surface area contributed by atoms with Crippen molar-refractivity contribution >= 4 is 22.5 Å². The number of fused-ring (bicyclic) bond motifs is 3. The van der Waals surface area contributed by atoms with Crippen LogP contribution in [0.25, 0.3) is 16.6 Å². The second-order valence-corrected chi connectivity index (χ2v) is 3.64. The number of carboxylic acids is 1. The van der Waals surface area contributed by atoms with Crippen molar-refractivity contribution in [2.75, 3.05) is 0 Å². The molecule has 3 aromatic rings. The molecular formula is C11H7N3O3. The molecule has 0 aliphatic carbocycles. The van der Waals surface area contributed by atoms with Gasteiger partial charge in [-0.3, -0.25) is 9.20 Å². The van der Waals surface area contributed by atoms with Crippen molar-refractivity contribution in [2.45, 2.75) is 0 Å². The molecule has 0 radical (unpaired) electrons. The summed E-state index contributed by atoms with van der Waals surface area (Å²) in [6, 6.07) is 4.56. The molecule has 2 N–H and O–H groups in total. The Morgan fingerprint density at radius 2 is 2.18 bits per heavy atom. The normalized spacial score (nSPS) is 11.1. The predicted molar refractivity (Wildman–Crippen MR) is 60.3 cm³/mol. The van der Waals surface area contributed by atoms with E-state index in [-0.39, 0.29) is 11.1 Å². The number of hydrogen-bond acceptors (Lipinski definition) is 3. The number of carboxylic acid groups (broad SMARTS) is 1. The van der Waals surface area contributed by atoms with Crippen LogP contribution in [0.2, 0.25) is 0 Å². The molecule has 2 aromatic heterocycles. The Hall–Kier alpha value is -2.63. The maximum atomic E-state index is 11.7. The summed E-state index contributed by atoms with van der Waals surface area (Å²) in [6.07, 6.45) is 2.98. The zero-order chi connectivity index (χ0) is 12.0. The maximum absolute atomic E-state index is 11.7. The van der Waals surface area contributed by atoms with Gasteiger partial charge in [0.1, 0.15) is 5.52 Å².